The van der Waals surface area contributed by atoms with Crippen molar-refractivity contribution >= 4 is 38.6 Å². The quantitative estimate of drug-likeness (QED) is 0.762. The molecule has 1 amide bonds. The Labute approximate surface area is 156 Å². The molecule has 1 aliphatic heterocycles. The molecule has 9 heteroatoms. The highest BCUT2D eigenvalue weighted by Gasteiger charge is 2.32. The lowest BCUT2D eigenvalue weighted by Gasteiger charge is -2.31. The van der Waals surface area contributed by atoms with E-state index >= 15 is 0 Å². The number of sulfonamides is 1. The van der Waals surface area contributed by atoms with Crippen molar-refractivity contribution in [2.45, 2.75) is 10.8 Å². The van der Waals surface area contributed by atoms with E-state index in [4.69, 9.17) is 0 Å². The number of amides is 1. The number of nitrogens with zero attached hydrogens (tertiary/aromatic N) is 2. The molecule has 25 heavy (non-hydrogen) atoms. The van der Waals surface area contributed by atoms with E-state index in [0.29, 0.717) is 43.5 Å². The number of nitrogens with one attached hydrogen (secondary N) is 1. The van der Waals surface area contributed by atoms with Crippen LogP contribution in [0.5, 0.6) is 0 Å². The maximum atomic E-state index is 12.5. The molecule has 0 unspecified atom stereocenters. The number of rotatable bonds is 6. The van der Waals surface area contributed by atoms with Crippen LogP contribution in [0, 0.1) is 0 Å². The van der Waals surface area contributed by atoms with Gasteiger partial charge < -0.3 is 9.80 Å². The van der Waals surface area contributed by atoms with Crippen molar-refractivity contribution in [3.05, 3.63) is 39.9 Å². The van der Waals surface area contributed by atoms with Gasteiger partial charge in [-0.3, -0.25) is 4.79 Å². The Morgan fingerprint density at radius 2 is 2.04 bits per heavy atom. The summed E-state index contributed by atoms with van der Waals surface area (Å²) in [6.07, 6.45) is 0. The second-order valence-electron chi connectivity index (χ2n) is 6.14. The van der Waals surface area contributed by atoms with Gasteiger partial charge in [0.2, 0.25) is 0 Å². The molecule has 1 saturated heterocycles. The van der Waals surface area contributed by atoms with Crippen molar-refractivity contribution in [3.8, 4) is 0 Å². The molecule has 1 aliphatic rings. The molecular weight excluding hydrogens is 378 g/mol. The zero-order valence-electron chi connectivity index (χ0n) is 14.1. The van der Waals surface area contributed by atoms with E-state index in [1.807, 2.05) is 23.9 Å². The van der Waals surface area contributed by atoms with Crippen LogP contribution in [0.3, 0.4) is 0 Å². The van der Waals surface area contributed by atoms with Gasteiger partial charge in [-0.25, -0.2) is 8.42 Å². The molecule has 0 spiro atoms. The van der Waals surface area contributed by atoms with Gasteiger partial charge in [0, 0.05) is 13.6 Å². The molecule has 0 aliphatic carbocycles. The minimum absolute atomic E-state index is 0.0933. The number of piperazine rings is 1. The molecule has 0 bridgehead atoms. The smallest absolute Gasteiger partial charge is 0.277 e. The van der Waals surface area contributed by atoms with E-state index < -0.39 is 10.0 Å². The van der Waals surface area contributed by atoms with E-state index in [1.165, 1.54) is 15.6 Å². The van der Waals surface area contributed by atoms with Crippen molar-refractivity contribution in [1.82, 2.24) is 9.21 Å². The number of carbonyl (C=O) groups is 1. The number of hydrogen-bond acceptors (Lipinski definition) is 5. The molecule has 3 rings (SSSR count). The fourth-order valence-electron chi connectivity index (χ4n) is 2.85. The fraction of sp³-hybridized carbons (Fsp3) is 0.438. The minimum atomic E-state index is -3.38. The first-order valence-electron chi connectivity index (χ1n) is 8.09. The summed E-state index contributed by atoms with van der Waals surface area (Å²) in [5.74, 6) is 0.0933. The number of quaternary nitrogens is 1. The molecule has 0 radical (unpaired) electrons. The zero-order valence-corrected chi connectivity index (χ0v) is 16.5. The molecule has 3 heterocycles. The highest BCUT2D eigenvalue weighted by atomic mass is 32.2. The first-order valence-corrected chi connectivity index (χ1v) is 11.4. The first kappa shape index (κ1) is 18.5. The summed E-state index contributed by atoms with van der Waals surface area (Å²) >= 11 is 2.87. The van der Waals surface area contributed by atoms with Gasteiger partial charge in [0.25, 0.3) is 15.9 Å². The van der Waals surface area contributed by atoms with E-state index in [0.717, 1.165) is 10.5 Å². The normalized spacial score (nSPS) is 16.8. The number of likely N-dealkylation sites (N-methyl/N-ethyl adjacent to an activating group) is 1. The largest absolute Gasteiger partial charge is 0.337 e. The van der Waals surface area contributed by atoms with Gasteiger partial charge in [-0.2, -0.15) is 15.6 Å². The van der Waals surface area contributed by atoms with Crippen molar-refractivity contribution in [3.63, 3.8) is 0 Å². The van der Waals surface area contributed by atoms with Crippen LogP contribution < -0.4 is 4.90 Å². The average Bonchev–Trinajstić information content (AvgIpc) is 3.29. The number of hydrogen-bond donors (Lipinski definition) is 1. The van der Waals surface area contributed by atoms with Gasteiger partial charge in [0.15, 0.2) is 6.54 Å². The molecular formula is C16H22N3O3S3+. The van der Waals surface area contributed by atoms with Crippen LogP contribution in [-0.2, 0) is 21.4 Å². The van der Waals surface area contributed by atoms with Crippen molar-refractivity contribution < 1.29 is 18.1 Å². The molecule has 6 nitrogen and oxygen atoms in total. The van der Waals surface area contributed by atoms with Gasteiger partial charge in [0.05, 0.1) is 26.2 Å². The van der Waals surface area contributed by atoms with E-state index in [9.17, 15) is 13.2 Å². The van der Waals surface area contributed by atoms with Crippen LogP contribution in [0.2, 0.25) is 0 Å². The third kappa shape index (κ3) is 4.48. The highest BCUT2D eigenvalue weighted by molar-refractivity contribution is 7.91. The summed E-state index contributed by atoms with van der Waals surface area (Å²) in [7, 11) is -1.56. The topological polar surface area (TPSA) is 62.1 Å². The molecule has 0 atom stereocenters. The second-order valence-corrected chi connectivity index (χ2v) is 10.0. The fourth-order valence-corrected chi connectivity index (χ4v) is 6.10. The van der Waals surface area contributed by atoms with Crippen LogP contribution in [0.4, 0.5) is 0 Å². The van der Waals surface area contributed by atoms with Gasteiger partial charge in [-0.1, -0.05) is 6.07 Å². The Bertz CT molecular complexity index is 780. The van der Waals surface area contributed by atoms with Gasteiger partial charge in [-0.15, -0.1) is 11.3 Å². The highest BCUT2D eigenvalue weighted by Crippen LogP contribution is 2.20. The summed E-state index contributed by atoms with van der Waals surface area (Å²) in [6, 6.07) is 5.42. The standard InChI is InChI=1S/C16H21N3O3S3/c1-17(11-14-4-10-23-13-14)15(20)12-18-5-7-19(8-6-18)25(21,22)16-3-2-9-24-16/h2-4,9-10,13H,5-8,11-12H2,1H3/p+1. The molecule has 1 fully saturated rings. The lowest BCUT2D eigenvalue weighted by Crippen LogP contribution is -3.15. The van der Waals surface area contributed by atoms with Crippen LogP contribution in [-0.4, -0.2) is 63.3 Å². The summed E-state index contributed by atoms with van der Waals surface area (Å²) in [6.45, 7) is 3.25. The van der Waals surface area contributed by atoms with E-state index in [1.54, 1.807) is 33.7 Å². The molecule has 0 aromatic carbocycles. The lowest BCUT2D eigenvalue weighted by molar-refractivity contribution is -0.896. The Kier molecular flexibility index (Phi) is 5.90. The minimum Gasteiger partial charge on any atom is -0.337 e. The van der Waals surface area contributed by atoms with E-state index in [-0.39, 0.29) is 5.91 Å². The van der Waals surface area contributed by atoms with Gasteiger partial charge in [-0.05, 0) is 33.8 Å². The average molecular weight is 401 g/mol. The molecule has 1 N–H and O–H groups in total. The predicted molar refractivity (Wildman–Crippen MR) is 99.4 cm³/mol. The van der Waals surface area contributed by atoms with Crippen LogP contribution in [0.25, 0.3) is 0 Å². The predicted octanol–water partition coefficient (Wildman–Crippen LogP) is 0.357. The molecule has 0 saturated carbocycles. The lowest BCUT2D eigenvalue weighted by atomic mass is 10.3. The van der Waals surface area contributed by atoms with Gasteiger partial charge >= 0.3 is 0 Å². The van der Waals surface area contributed by atoms with Crippen LogP contribution in [0.15, 0.2) is 38.5 Å². The first-order chi connectivity index (χ1) is 12.0. The SMILES string of the molecule is CN(Cc1ccsc1)C(=O)C[NH+]1CCN(S(=O)(=O)c2cccs2)CC1. The summed E-state index contributed by atoms with van der Waals surface area (Å²) in [4.78, 5) is 15.3. The Morgan fingerprint density at radius 1 is 1.28 bits per heavy atom. The van der Waals surface area contributed by atoms with Gasteiger partial charge in [0.1, 0.15) is 4.21 Å². The monoisotopic (exact) mass is 400 g/mol. The molecule has 136 valence electrons. The molecule has 2 aromatic heterocycles. The van der Waals surface area contributed by atoms with Crippen molar-refractivity contribution in [2.24, 2.45) is 0 Å². The summed E-state index contributed by atoms with van der Waals surface area (Å²) in [5.41, 5.74) is 1.14. The van der Waals surface area contributed by atoms with Crippen LogP contribution >= 0.6 is 22.7 Å². The summed E-state index contributed by atoms with van der Waals surface area (Å²) < 4.78 is 27.0. The Hall–Kier alpha value is -1.26. The molecule has 2 aromatic rings. The Morgan fingerprint density at radius 3 is 2.64 bits per heavy atom. The summed E-state index contributed by atoms with van der Waals surface area (Å²) in [5, 5.41) is 5.83. The van der Waals surface area contributed by atoms with Crippen molar-refractivity contribution in [1.29, 1.82) is 0 Å². The number of carbonyl (C=O) groups excluding carboxylic acids is 1. The second kappa shape index (κ2) is 7.96. The third-order valence-corrected chi connectivity index (χ3v) is 8.35. The van der Waals surface area contributed by atoms with E-state index in [2.05, 4.69) is 0 Å². The third-order valence-electron chi connectivity index (χ3n) is 4.35. The Balaban J connectivity index is 1.50. The van der Waals surface area contributed by atoms with Crippen molar-refractivity contribution in [2.75, 3.05) is 39.8 Å². The maximum Gasteiger partial charge on any atom is 0.277 e. The maximum absolute atomic E-state index is 12.5. The zero-order chi connectivity index (χ0) is 17.9. The number of thiophene rings is 2. The van der Waals surface area contributed by atoms with Crippen LogP contribution in [0.1, 0.15) is 5.56 Å².